The second kappa shape index (κ2) is 6.72. The maximum Gasteiger partial charge on any atom is 0.336 e. The topological polar surface area (TPSA) is 73.9 Å². The first-order chi connectivity index (χ1) is 11.1. The van der Waals surface area contributed by atoms with Gasteiger partial charge in [-0.25, -0.2) is 4.79 Å². The van der Waals surface area contributed by atoms with E-state index in [0.29, 0.717) is 23.7 Å². The van der Waals surface area contributed by atoms with Crippen LogP contribution in [0.5, 0.6) is 5.75 Å². The number of benzene rings is 1. The number of nitrogens with zero attached hydrogens (tertiary/aromatic N) is 1. The van der Waals surface area contributed by atoms with E-state index in [9.17, 15) is 9.90 Å². The van der Waals surface area contributed by atoms with E-state index in [-0.39, 0.29) is 18.0 Å². The first-order valence-corrected chi connectivity index (χ1v) is 8.20. The van der Waals surface area contributed by atoms with E-state index >= 15 is 0 Å². The minimum absolute atomic E-state index is 0.139. The van der Waals surface area contributed by atoms with Crippen molar-refractivity contribution in [2.45, 2.75) is 45.2 Å². The molecular formula is C18H23NO4. The lowest BCUT2D eigenvalue weighted by atomic mass is 10.0. The van der Waals surface area contributed by atoms with E-state index in [2.05, 4.69) is 4.90 Å². The average molecular weight is 317 g/mol. The van der Waals surface area contributed by atoms with Gasteiger partial charge < -0.3 is 14.6 Å². The Balaban J connectivity index is 1.93. The number of likely N-dealkylation sites (tertiary alicyclic amines) is 1. The number of aryl methyl sites for hydroxylation is 1. The molecule has 0 aliphatic carbocycles. The minimum atomic E-state index is -0.382. The fourth-order valence-corrected chi connectivity index (χ4v) is 3.52. The van der Waals surface area contributed by atoms with Crippen LogP contribution < -0.4 is 5.63 Å². The molecule has 1 aromatic heterocycles. The Hall–Kier alpha value is -1.85. The Morgan fingerprint density at radius 1 is 1.39 bits per heavy atom. The minimum Gasteiger partial charge on any atom is -0.508 e. The summed E-state index contributed by atoms with van der Waals surface area (Å²) >= 11 is 0. The zero-order chi connectivity index (χ0) is 16.4. The Kier molecular flexibility index (Phi) is 4.68. The highest BCUT2D eigenvalue weighted by molar-refractivity contribution is 5.84. The van der Waals surface area contributed by atoms with Crippen LogP contribution in [0.25, 0.3) is 11.0 Å². The molecule has 1 fully saturated rings. The third kappa shape index (κ3) is 3.26. The van der Waals surface area contributed by atoms with Crippen LogP contribution in [0.15, 0.2) is 27.4 Å². The standard InChI is InChI=1S/C18H23NO4/c1-12-16(21)7-6-15-13(10-17(22)23-18(12)15)11-19-8-2-4-14(19)5-3-9-20/h6-7,10,14,20-21H,2-5,8-9,11H2,1H3. The van der Waals surface area contributed by atoms with Crippen molar-refractivity contribution >= 4 is 11.0 Å². The Bertz CT molecular complexity index is 753. The summed E-state index contributed by atoms with van der Waals surface area (Å²) in [5.41, 5.74) is 1.63. The molecule has 5 nitrogen and oxygen atoms in total. The highest BCUT2D eigenvalue weighted by atomic mass is 16.4. The van der Waals surface area contributed by atoms with Gasteiger partial charge in [0.25, 0.3) is 0 Å². The molecule has 1 saturated heterocycles. The summed E-state index contributed by atoms with van der Waals surface area (Å²) in [5.74, 6) is 0.139. The average Bonchev–Trinajstić information content (AvgIpc) is 2.96. The Labute approximate surface area is 135 Å². The normalized spacial score (nSPS) is 18.8. The molecule has 2 N–H and O–H groups in total. The maximum atomic E-state index is 11.9. The molecule has 0 radical (unpaired) electrons. The number of aliphatic hydroxyl groups excluding tert-OH is 1. The van der Waals surface area contributed by atoms with E-state index in [1.807, 2.05) is 6.07 Å². The lowest BCUT2D eigenvalue weighted by Crippen LogP contribution is -2.29. The molecule has 1 unspecified atom stereocenters. The van der Waals surface area contributed by atoms with Gasteiger partial charge in [-0.2, -0.15) is 0 Å². The van der Waals surface area contributed by atoms with Crippen molar-refractivity contribution in [2.75, 3.05) is 13.2 Å². The highest BCUT2D eigenvalue weighted by Crippen LogP contribution is 2.30. The van der Waals surface area contributed by atoms with Crippen LogP contribution >= 0.6 is 0 Å². The molecule has 0 saturated carbocycles. The monoisotopic (exact) mass is 317 g/mol. The van der Waals surface area contributed by atoms with Gasteiger partial charge in [0.05, 0.1) is 0 Å². The van der Waals surface area contributed by atoms with Crippen LogP contribution in [-0.4, -0.2) is 34.3 Å². The molecule has 1 aromatic carbocycles. The lowest BCUT2D eigenvalue weighted by molar-refractivity contribution is 0.210. The van der Waals surface area contributed by atoms with Gasteiger partial charge in [0, 0.05) is 36.2 Å². The second-order valence-electron chi connectivity index (χ2n) is 6.31. The summed E-state index contributed by atoms with van der Waals surface area (Å²) in [7, 11) is 0. The molecule has 2 aromatic rings. The molecule has 5 heteroatoms. The van der Waals surface area contributed by atoms with E-state index in [4.69, 9.17) is 9.52 Å². The van der Waals surface area contributed by atoms with E-state index in [1.54, 1.807) is 19.1 Å². The number of phenolic OH excluding ortho intramolecular Hbond substituents is 1. The quantitative estimate of drug-likeness (QED) is 0.829. The SMILES string of the molecule is Cc1c(O)ccc2c(CN3CCCC3CCCO)cc(=O)oc12. The van der Waals surface area contributed by atoms with Gasteiger partial charge in [-0.15, -0.1) is 0 Å². The van der Waals surface area contributed by atoms with Crippen LogP contribution in [0.4, 0.5) is 0 Å². The van der Waals surface area contributed by atoms with Crippen molar-refractivity contribution in [2.24, 2.45) is 0 Å². The summed E-state index contributed by atoms with van der Waals surface area (Å²) in [6, 6.07) is 5.48. The summed E-state index contributed by atoms with van der Waals surface area (Å²) < 4.78 is 5.30. The fraction of sp³-hybridized carbons (Fsp3) is 0.500. The number of hydrogen-bond donors (Lipinski definition) is 2. The van der Waals surface area contributed by atoms with E-state index < -0.39 is 0 Å². The number of hydrogen-bond acceptors (Lipinski definition) is 5. The van der Waals surface area contributed by atoms with Crippen LogP contribution in [0.2, 0.25) is 0 Å². The first-order valence-electron chi connectivity index (χ1n) is 8.20. The predicted octanol–water partition coefficient (Wildman–Crippen LogP) is 2.54. The van der Waals surface area contributed by atoms with Gasteiger partial charge >= 0.3 is 5.63 Å². The van der Waals surface area contributed by atoms with Crippen LogP contribution in [0.3, 0.4) is 0 Å². The zero-order valence-electron chi connectivity index (χ0n) is 13.4. The molecule has 1 aliphatic heterocycles. The van der Waals surface area contributed by atoms with Crippen molar-refractivity contribution in [3.8, 4) is 5.75 Å². The summed E-state index contributed by atoms with van der Waals surface area (Å²) in [6.45, 7) is 3.68. The molecule has 3 rings (SSSR count). The van der Waals surface area contributed by atoms with Gasteiger partial charge in [0.15, 0.2) is 0 Å². The summed E-state index contributed by atoms with van der Waals surface area (Å²) in [4.78, 5) is 14.3. The van der Waals surface area contributed by atoms with Crippen molar-refractivity contribution in [3.05, 3.63) is 39.7 Å². The smallest absolute Gasteiger partial charge is 0.336 e. The largest absolute Gasteiger partial charge is 0.508 e. The van der Waals surface area contributed by atoms with E-state index in [0.717, 1.165) is 43.2 Å². The van der Waals surface area contributed by atoms with Gasteiger partial charge in [-0.3, -0.25) is 4.90 Å². The van der Waals surface area contributed by atoms with Gasteiger partial charge in [0.2, 0.25) is 0 Å². The highest BCUT2D eigenvalue weighted by Gasteiger charge is 2.25. The Morgan fingerprint density at radius 2 is 2.22 bits per heavy atom. The second-order valence-corrected chi connectivity index (χ2v) is 6.31. The third-order valence-corrected chi connectivity index (χ3v) is 4.79. The molecule has 1 aliphatic rings. The first kappa shape index (κ1) is 16.0. The number of aliphatic hydroxyl groups is 1. The van der Waals surface area contributed by atoms with Crippen LogP contribution in [0, 0.1) is 6.92 Å². The molecule has 1 atom stereocenters. The molecule has 0 spiro atoms. The molecule has 23 heavy (non-hydrogen) atoms. The maximum absolute atomic E-state index is 11.9. The number of fused-ring (bicyclic) bond motifs is 1. The van der Waals surface area contributed by atoms with Gasteiger partial charge in [-0.05, 0) is 56.8 Å². The molecule has 2 heterocycles. The van der Waals surface area contributed by atoms with Crippen LogP contribution in [-0.2, 0) is 6.54 Å². The van der Waals surface area contributed by atoms with Gasteiger partial charge in [-0.1, -0.05) is 0 Å². The van der Waals surface area contributed by atoms with Crippen LogP contribution in [0.1, 0.15) is 36.8 Å². The van der Waals surface area contributed by atoms with Crippen molar-refractivity contribution < 1.29 is 14.6 Å². The molecule has 0 bridgehead atoms. The van der Waals surface area contributed by atoms with Gasteiger partial charge in [0.1, 0.15) is 11.3 Å². The van der Waals surface area contributed by atoms with Crippen molar-refractivity contribution in [3.63, 3.8) is 0 Å². The number of phenols is 1. The summed E-state index contributed by atoms with van der Waals surface area (Å²) in [6.07, 6.45) is 4.08. The Morgan fingerprint density at radius 3 is 3.00 bits per heavy atom. The van der Waals surface area contributed by atoms with Crippen molar-refractivity contribution in [1.82, 2.24) is 4.90 Å². The third-order valence-electron chi connectivity index (χ3n) is 4.79. The van der Waals surface area contributed by atoms with E-state index in [1.165, 1.54) is 0 Å². The van der Waals surface area contributed by atoms with Crippen molar-refractivity contribution in [1.29, 1.82) is 0 Å². The molecule has 124 valence electrons. The molecular weight excluding hydrogens is 294 g/mol. The lowest BCUT2D eigenvalue weighted by Gasteiger charge is -2.24. The predicted molar refractivity (Wildman–Crippen MR) is 88.6 cm³/mol. The summed E-state index contributed by atoms with van der Waals surface area (Å²) in [5, 5.41) is 19.7. The fourth-order valence-electron chi connectivity index (χ4n) is 3.52. The number of aromatic hydroxyl groups is 1. The number of rotatable bonds is 5. The molecule has 0 amide bonds. The zero-order valence-corrected chi connectivity index (χ0v) is 13.4.